The molecule has 0 aliphatic rings. The number of likely N-dealkylation sites (N-methyl/N-ethyl adjacent to an activating group) is 1. The van der Waals surface area contributed by atoms with Gasteiger partial charge in [-0.05, 0) is 25.3 Å². The number of carbonyl (C=O) groups is 1. The van der Waals surface area contributed by atoms with Gasteiger partial charge >= 0.3 is 0 Å². The first-order valence-electron chi connectivity index (χ1n) is 7.02. The number of hydrogen-bond donors (Lipinski definition) is 1. The third-order valence-corrected chi connectivity index (χ3v) is 4.24. The average molecular weight is 303 g/mol. The highest BCUT2D eigenvalue weighted by Crippen LogP contribution is 2.14. The monoisotopic (exact) mass is 303 g/mol. The molecule has 0 unspecified atom stereocenters. The summed E-state index contributed by atoms with van der Waals surface area (Å²) in [5.74, 6) is -0.0167. The third kappa shape index (κ3) is 4.65. The molecular weight excluding hydrogens is 282 g/mol. The molecule has 0 fully saturated rings. The standard InChI is InChI=1S/C16H21N3OS/c1-12-18-10-14(21-12)11-19(2)16(20)15(17)9-8-13-6-4-3-5-7-13/h3-7,10,15H,8-9,11,17H2,1-2H3/t15-/m0/s1. The molecule has 1 amide bonds. The molecular formula is C16H21N3OS. The van der Waals surface area contributed by atoms with Crippen LogP contribution in [0.15, 0.2) is 36.5 Å². The van der Waals surface area contributed by atoms with E-state index in [0.717, 1.165) is 16.3 Å². The molecule has 0 saturated carbocycles. The molecule has 1 atom stereocenters. The van der Waals surface area contributed by atoms with Gasteiger partial charge in [-0.15, -0.1) is 11.3 Å². The number of amides is 1. The van der Waals surface area contributed by atoms with Crippen molar-refractivity contribution in [1.29, 1.82) is 0 Å². The van der Waals surface area contributed by atoms with Crippen LogP contribution < -0.4 is 5.73 Å². The lowest BCUT2D eigenvalue weighted by Gasteiger charge is -2.20. The number of benzene rings is 1. The summed E-state index contributed by atoms with van der Waals surface area (Å²) in [6.45, 7) is 2.53. The van der Waals surface area contributed by atoms with Gasteiger partial charge in [0.1, 0.15) is 0 Å². The van der Waals surface area contributed by atoms with E-state index in [1.807, 2.05) is 31.3 Å². The summed E-state index contributed by atoms with van der Waals surface area (Å²) in [7, 11) is 1.79. The summed E-state index contributed by atoms with van der Waals surface area (Å²) < 4.78 is 0. The second-order valence-electron chi connectivity index (χ2n) is 5.17. The van der Waals surface area contributed by atoms with Crippen LogP contribution in [0.3, 0.4) is 0 Å². The molecule has 0 aliphatic heterocycles. The Labute approximate surface area is 129 Å². The SMILES string of the molecule is Cc1ncc(CN(C)C(=O)[C@@H](N)CCc2ccccc2)s1. The van der Waals surface area contributed by atoms with Crippen molar-refractivity contribution in [3.63, 3.8) is 0 Å². The van der Waals surface area contributed by atoms with E-state index in [9.17, 15) is 4.79 Å². The van der Waals surface area contributed by atoms with E-state index in [2.05, 4.69) is 17.1 Å². The first kappa shape index (κ1) is 15.7. The first-order chi connectivity index (χ1) is 10.1. The molecule has 4 nitrogen and oxygen atoms in total. The minimum absolute atomic E-state index is 0.0167. The molecule has 112 valence electrons. The highest BCUT2D eigenvalue weighted by Gasteiger charge is 2.18. The van der Waals surface area contributed by atoms with Gasteiger partial charge in [-0.2, -0.15) is 0 Å². The fourth-order valence-corrected chi connectivity index (χ4v) is 3.01. The average Bonchev–Trinajstić information content (AvgIpc) is 2.90. The van der Waals surface area contributed by atoms with Gasteiger partial charge in [-0.25, -0.2) is 4.98 Å². The number of hydrogen-bond acceptors (Lipinski definition) is 4. The second kappa shape index (κ2) is 7.33. The Morgan fingerprint density at radius 1 is 1.38 bits per heavy atom. The van der Waals surface area contributed by atoms with Crippen molar-refractivity contribution in [1.82, 2.24) is 9.88 Å². The van der Waals surface area contributed by atoms with Gasteiger partial charge in [0.2, 0.25) is 5.91 Å². The van der Waals surface area contributed by atoms with Crippen LogP contribution in [0.5, 0.6) is 0 Å². The Morgan fingerprint density at radius 2 is 2.10 bits per heavy atom. The molecule has 21 heavy (non-hydrogen) atoms. The van der Waals surface area contributed by atoms with Gasteiger partial charge in [-0.3, -0.25) is 4.79 Å². The summed E-state index contributed by atoms with van der Waals surface area (Å²) in [4.78, 5) is 19.2. The van der Waals surface area contributed by atoms with Crippen LogP contribution in [0.4, 0.5) is 0 Å². The number of nitrogens with zero attached hydrogens (tertiary/aromatic N) is 2. The summed E-state index contributed by atoms with van der Waals surface area (Å²) >= 11 is 1.61. The zero-order valence-electron chi connectivity index (χ0n) is 12.5. The molecule has 5 heteroatoms. The minimum Gasteiger partial charge on any atom is -0.339 e. The van der Waals surface area contributed by atoms with E-state index in [1.54, 1.807) is 23.3 Å². The first-order valence-corrected chi connectivity index (χ1v) is 7.83. The molecule has 2 aromatic rings. The molecule has 1 heterocycles. The van der Waals surface area contributed by atoms with Crippen molar-refractivity contribution in [2.24, 2.45) is 5.73 Å². The molecule has 0 spiro atoms. The van der Waals surface area contributed by atoms with Crippen molar-refractivity contribution >= 4 is 17.2 Å². The number of rotatable bonds is 6. The van der Waals surface area contributed by atoms with Crippen molar-refractivity contribution < 1.29 is 4.79 Å². The summed E-state index contributed by atoms with van der Waals surface area (Å²) in [5.41, 5.74) is 7.23. The Hall–Kier alpha value is -1.72. The number of aromatic nitrogens is 1. The van der Waals surface area contributed by atoms with Crippen LogP contribution in [0.2, 0.25) is 0 Å². The molecule has 0 radical (unpaired) electrons. The van der Waals surface area contributed by atoms with E-state index >= 15 is 0 Å². The lowest BCUT2D eigenvalue weighted by Crippen LogP contribution is -2.41. The Kier molecular flexibility index (Phi) is 5.47. The topological polar surface area (TPSA) is 59.2 Å². The van der Waals surface area contributed by atoms with Gasteiger partial charge in [0.05, 0.1) is 17.6 Å². The summed E-state index contributed by atoms with van der Waals surface area (Å²) in [5, 5.41) is 1.01. The zero-order chi connectivity index (χ0) is 15.2. The van der Waals surface area contributed by atoms with Gasteiger partial charge in [0, 0.05) is 18.1 Å². The molecule has 1 aromatic heterocycles. The molecule has 2 N–H and O–H groups in total. The van der Waals surface area contributed by atoms with Crippen molar-refractivity contribution in [2.45, 2.75) is 32.4 Å². The second-order valence-corrected chi connectivity index (χ2v) is 6.49. The normalized spacial score (nSPS) is 12.1. The smallest absolute Gasteiger partial charge is 0.239 e. The van der Waals surface area contributed by atoms with Crippen LogP contribution in [0.25, 0.3) is 0 Å². The molecule has 0 aliphatic carbocycles. The predicted molar refractivity (Wildman–Crippen MR) is 86.1 cm³/mol. The van der Waals surface area contributed by atoms with Crippen LogP contribution in [0, 0.1) is 6.92 Å². The molecule has 0 saturated heterocycles. The Morgan fingerprint density at radius 3 is 2.71 bits per heavy atom. The largest absolute Gasteiger partial charge is 0.339 e. The van der Waals surface area contributed by atoms with E-state index in [1.165, 1.54) is 5.56 Å². The molecule has 1 aromatic carbocycles. The highest BCUT2D eigenvalue weighted by molar-refractivity contribution is 7.11. The van der Waals surface area contributed by atoms with Crippen LogP contribution in [-0.2, 0) is 17.8 Å². The third-order valence-electron chi connectivity index (χ3n) is 3.34. The number of carbonyl (C=O) groups excluding carboxylic acids is 1. The van der Waals surface area contributed by atoms with Gasteiger partial charge in [-0.1, -0.05) is 30.3 Å². The van der Waals surface area contributed by atoms with Crippen LogP contribution in [0.1, 0.15) is 21.9 Å². The fraction of sp³-hybridized carbons (Fsp3) is 0.375. The van der Waals surface area contributed by atoms with Crippen molar-refractivity contribution in [2.75, 3.05) is 7.05 Å². The van der Waals surface area contributed by atoms with E-state index in [4.69, 9.17) is 5.73 Å². The minimum atomic E-state index is -0.454. The number of thiazole rings is 1. The van der Waals surface area contributed by atoms with Crippen LogP contribution >= 0.6 is 11.3 Å². The quantitative estimate of drug-likeness (QED) is 0.891. The number of aryl methyl sites for hydroxylation is 2. The maximum Gasteiger partial charge on any atom is 0.239 e. The predicted octanol–water partition coefficient (Wildman–Crippen LogP) is 2.37. The zero-order valence-corrected chi connectivity index (χ0v) is 13.3. The number of nitrogens with two attached hydrogens (primary N) is 1. The van der Waals surface area contributed by atoms with E-state index < -0.39 is 6.04 Å². The lowest BCUT2D eigenvalue weighted by molar-refractivity contribution is -0.131. The molecule has 0 bridgehead atoms. The maximum atomic E-state index is 12.3. The van der Waals surface area contributed by atoms with Crippen molar-refractivity contribution in [3.05, 3.63) is 52.0 Å². The summed E-state index contributed by atoms with van der Waals surface area (Å²) in [6.07, 6.45) is 3.30. The maximum absolute atomic E-state index is 12.3. The molecule has 2 rings (SSSR count). The van der Waals surface area contributed by atoms with Gasteiger partial charge < -0.3 is 10.6 Å². The Bertz CT molecular complexity index is 582. The van der Waals surface area contributed by atoms with Crippen LogP contribution in [-0.4, -0.2) is 28.9 Å². The van der Waals surface area contributed by atoms with Gasteiger partial charge in [0.25, 0.3) is 0 Å². The van der Waals surface area contributed by atoms with E-state index in [0.29, 0.717) is 13.0 Å². The van der Waals surface area contributed by atoms with Crippen molar-refractivity contribution in [3.8, 4) is 0 Å². The van der Waals surface area contributed by atoms with Gasteiger partial charge in [0.15, 0.2) is 0 Å². The highest BCUT2D eigenvalue weighted by atomic mass is 32.1. The fourth-order valence-electron chi connectivity index (χ4n) is 2.16. The Balaban J connectivity index is 1.83. The lowest BCUT2D eigenvalue weighted by atomic mass is 10.1. The summed E-state index contributed by atoms with van der Waals surface area (Å²) in [6, 6.07) is 9.65. The van der Waals surface area contributed by atoms with E-state index in [-0.39, 0.29) is 5.91 Å².